The standard InChI is InChI=1S/C20H24N4O/c1-23(2)19-12-17-13-24(9-8-18(17)21-22-19)20(25)11-14-6-7-15-4-3-5-16(15)10-14/h6-7,10,12H,3-5,8-9,11,13H2,1-2H3. The minimum Gasteiger partial charge on any atom is -0.361 e. The number of aryl methyl sites for hydroxylation is 2. The number of aromatic nitrogens is 2. The lowest BCUT2D eigenvalue weighted by molar-refractivity contribution is -0.131. The van der Waals surface area contributed by atoms with Crippen molar-refractivity contribution in [2.75, 3.05) is 25.5 Å². The number of hydrogen-bond acceptors (Lipinski definition) is 4. The molecule has 25 heavy (non-hydrogen) atoms. The van der Waals surface area contributed by atoms with Crippen molar-refractivity contribution in [1.29, 1.82) is 0 Å². The molecule has 0 saturated carbocycles. The first kappa shape index (κ1) is 16.1. The first-order valence-electron chi connectivity index (χ1n) is 9.01. The summed E-state index contributed by atoms with van der Waals surface area (Å²) in [6.07, 6.45) is 4.85. The Hall–Kier alpha value is -2.43. The van der Waals surface area contributed by atoms with E-state index in [0.717, 1.165) is 42.0 Å². The van der Waals surface area contributed by atoms with Crippen LogP contribution in [0.5, 0.6) is 0 Å². The maximum atomic E-state index is 12.8. The summed E-state index contributed by atoms with van der Waals surface area (Å²) in [5.74, 6) is 1.04. The van der Waals surface area contributed by atoms with Crippen molar-refractivity contribution in [2.24, 2.45) is 0 Å². The normalized spacial score (nSPS) is 15.7. The highest BCUT2D eigenvalue weighted by atomic mass is 16.2. The van der Waals surface area contributed by atoms with Crippen molar-refractivity contribution in [3.05, 3.63) is 52.2 Å². The van der Waals surface area contributed by atoms with E-state index in [0.29, 0.717) is 13.0 Å². The van der Waals surface area contributed by atoms with Gasteiger partial charge in [-0.1, -0.05) is 18.2 Å². The molecule has 1 aromatic heterocycles. The Bertz CT molecular complexity index is 815. The van der Waals surface area contributed by atoms with Crippen molar-refractivity contribution in [3.8, 4) is 0 Å². The highest BCUT2D eigenvalue weighted by Gasteiger charge is 2.23. The van der Waals surface area contributed by atoms with Gasteiger partial charge in [0.25, 0.3) is 0 Å². The molecule has 0 radical (unpaired) electrons. The van der Waals surface area contributed by atoms with E-state index >= 15 is 0 Å². The lowest BCUT2D eigenvalue weighted by Gasteiger charge is -2.28. The average Bonchev–Trinajstić information content (AvgIpc) is 3.08. The van der Waals surface area contributed by atoms with Crippen molar-refractivity contribution >= 4 is 11.7 Å². The molecule has 5 nitrogen and oxygen atoms in total. The third-order valence-electron chi connectivity index (χ3n) is 5.26. The van der Waals surface area contributed by atoms with E-state index < -0.39 is 0 Å². The molecule has 1 aliphatic heterocycles. The Kier molecular flexibility index (Phi) is 4.15. The molecule has 2 heterocycles. The molecule has 0 atom stereocenters. The summed E-state index contributed by atoms with van der Waals surface area (Å²) in [5, 5.41) is 8.56. The van der Waals surface area contributed by atoms with Crippen LogP contribution >= 0.6 is 0 Å². The molecule has 2 aromatic rings. The lowest BCUT2D eigenvalue weighted by atomic mass is 10.0. The number of carbonyl (C=O) groups excluding carboxylic acids is 1. The summed E-state index contributed by atoms with van der Waals surface area (Å²) in [5.41, 5.74) is 6.16. The summed E-state index contributed by atoms with van der Waals surface area (Å²) < 4.78 is 0. The van der Waals surface area contributed by atoms with Gasteiger partial charge in [-0.25, -0.2) is 0 Å². The van der Waals surface area contributed by atoms with Crippen LogP contribution in [-0.4, -0.2) is 41.6 Å². The second-order valence-electron chi connectivity index (χ2n) is 7.27. The molecule has 1 aliphatic carbocycles. The fraction of sp³-hybridized carbons (Fsp3) is 0.450. The summed E-state index contributed by atoms with van der Waals surface area (Å²) in [6.45, 7) is 1.36. The number of rotatable bonds is 3. The van der Waals surface area contributed by atoms with Crippen LogP contribution in [-0.2, 0) is 37.0 Å². The smallest absolute Gasteiger partial charge is 0.227 e. The summed E-state index contributed by atoms with van der Waals surface area (Å²) >= 11 is 0. The van der Waals surface area contributed by atoms with Gasteiger partial charge in [0.15, 0.2) is 5.82 Å². The van der Waals surface area contributed by atoms with Gasteiger partial charge in [-0.15, -0.1) is 5.10 Å². The number of nitrogens with zero attached hydrogens (tertiary/aromatic N) is 4. The monoisotopic (exact) mass is 336 g/mol. The van der Waals surface area contributed by atoms with Crippen LogP contribution in [0, 0.1) is 0 Å². The van der Waals surface area contributed by atoms with Crippen LogP contribution in [0.25, 0.3) is 0 Å². The van der Waals surface area contributed by atoms with Gasteiger partial charge in [0.2, 0.25) is 5.91 Å². The minimum atomic E-state index is 0.201. The number of benzene rings is 1. The zero-order valence-corrected chi connectivity index (χ0v) is 15.0. The topological polar surface area (TPSA) is 49.3 Å². The zero-order valence-electron chi connectivity index (χ0n) is 15.0. The van der Waals surface area contributed by atoms with Crippen LogP contribution < -0.4 is 4.90 Å². The van der Waals surface area contributed by atoms with Gasteiger partial charge in [0.05, 0.1) is 12.1 Å². The summed E-state index contributed by atoms with van der Waals surface area (Å²) in [6, 6.07) is 8.61. The highest BCUT2D eigenvalue weighted by Crippen LogP contribution is 2.24. The molecule has 0 unspecified atom stereocenters. The van der Waals surface area contributed by atoms with E-state index in [1.165, 1.54) is 24.0 Å². The molecule has 1 aromatic carbocycles. The van der Waals surface area contributed by atoms with Crippen LogP contribution in [0.1, 0.15) is 34.4 Å². The molecule has 0 spiro atoms. The molecule has 0 N–H and O–H groups in total. The maximum absolute atomic E-state index is 12.8. The third kappa shape index (κ3) is 3.23. The van der Waals surface area contributed by atoms with Gasteiger partial charge in [-0.3, -0.25) is 4.79 Å². The average molecular weight is 336 g/mol. The van der Waals surface area contributed by atoms with Crippen LogP contribution in [0.4, 0.5) is 5.82 Å². The molecule has 2 aliphatic rings. The predicted octanol–water partition coefficient (Wildman–Crippen LogP) is 2.16. The van der Waals surface area contributed by atoms with Gasteiger partial charge in [-0.05, 0) is 47.6 Å². The molecular weight excluding hydrogens is 312 g/mol. The second kappa shape index (κ2) is 6.47. The highest BCUT2D eigenvalue weighted by molar-refractivity contribution is 5.79. The molecule has 0 fully saturated rings. The Balaban J connectivity index is 1.47. The molecule has 0 saturated heterocycles. The van der Waals surface area contributed by atoms with E-state index in [2.05, 4.69) is 34.5 Å². The van der Waals surface area contributed by atoms with E-state index in [4.69, 9.17) is 0 Å². The molecular formula is C20H24N4O. The maximum Gasteiger partial charge on any atom is 0.227 e. The van der Waals surface area contributed by atoms with Gasteiger partial charge < -0.3 is 9.80 Å². The van der Waals surface area contributed by atoms with E-state index in [1.54, 1.807) is 0 Å². The van der Waals surface area contributed by atoms with Gasteiger partial charge >= 0.3 is 0 Å². The third-order valence-corrected chi connectivity index (χ3v) is 5.26. The van der Waals surface area contributed by atoms with E-state index in [1.807, 2.05) is 23.9 Å². The molecule has 130 valence electrons. The van der Waals surface area contributed by atoms with Crippen molar-refractivity contribution < 1.29 is 4.79 Å². The largest absolute Gasteiger partial charge is 0.361 e. The predicted molar refractivity (Wildman–Crippen MR) is 97.7 cm³/mol. The quantitative estimate of drug-likeness (QED) is 0.862. The second-order valence-corrected chi connectivity index (χ2v) is 7.27. The Morgan fingerprint density at radius 2 is 1.92 bits per heavy atom. The first-order chi connectivity index (χ1) is 12.1. The fourth-order valence-corrected chi connectivity index (χ4v) is 3.77. The lowest BCUT2D eigenvalue weighted by Crippen LogP contribution is -2.37. The Morgan fingerprint density at radius 1 is 1.08 bits per heavy atom. The summed E-state index contributed by atoms with van der Waals surface area (Å²) in [4.78, 5) is 16.7. The van der Waals surface area contributed by atoms with Crippen molar-refractivity contribution in [2.45, 2.75) is 38.6 Å². The number of fused-ring (bicyclic) bond motifs is 2. The Morgan fingerprint density at radius 3 is 2.76 bits per heavy atom. The van der Waals surface area contributed by atoms with Crippen LogP contribution in [0.15, 0.2) is 24.3 Å². The fourth-order valence-electron chi connectivity index (χ4n) is 3.77. The van der Waals surface area contributed by atoms with Crippen LogP contribution in [0.3, 0.4) is 0 Å². The number of amides is 1. The van der Waals surface area contributed by atoms with E-state index in [-0.39, 0.29) is 5.91 Å². The summed E-state index contributed by atoms with van der Waals surface area (Å²) in [7, 11) is 3.91. The minimum absolute atomic E-state index is 0.201. The SMILES string of the molecule is CN(C)c1cc2c(nn1)CCN(C(=O)Cc1ccc3c(c1)CCC3)C2. The Labute approximate surface area is 148 Å². The zero-order chi connectivity index (χ0) is 17.4. The number of carbonyl (C=O) groups is 1. The van der Waals surface area contributed by atoms with Gasteiger partial charge in [0, 0.05) is 33.6 Å². The van der Waals surface area contributed by atoms with Crippen molar-refractivity contribution in [1.82, 2.24) is 15.1 Å². The number of hydrogen-bond donors (Lipinski definition) is 0. The van der Waals surface area contributed by atoms with E-state index in [9.17, 15) is 4.79 Å². The van der Waals surface area contributed by atoms with Crippen molar-refractivity contribution in [3.63, 3.8) is 0 Å². The molecule has 1 amide bonds. The van der Waals surface area contributed by atoms with Gasteiger partial charge in [0.1, 0.15) is 0 Å². The molecule has 4 rings (SSSR count). The van der Waals surface area contributed by atoms with Gasteiger partial charge in [-0.2, -0.15) is 5.10 Å². The molecule has 0 bridgehead atoms. The molecule has 5 heteroatoms. The number of anilines is 1. The first-order valence-corrected chi connectivity index (χ1v) is 9.01. The van der Waals surface area contributed by atoms with Crippen LogP contribution in [0.2, 0.25) is 0 Å².